The van der Waals surface area contributed by atoms with Crippen molar-refractivity contribution in [3.63, 3.8) is 0 Å². The van der Waals surface area contributed by atoms with Crippen LogP contribution in [-0.4, -0.2) is 53.1 Å². The lowest BCUT2D eigenvalue weighted by Gasteiger charge is -2.36. The van der Waals surface area contributed by atoms with Gasteiger partial charge in [-0.05, 0) is 57.0 Å². The summed E-state index contributed by atoms with van der Waals surface area (Å²) in [4.78, 5) is 7.15. The molecule has 34 heavy (non-hydrogen) atoms. The number of likely N-dealkylation sites (tertiary alicyclic amines) is 1. The number of rotatable bonds is 5. The van der Waals surface area contributed by atoms with Gasteiger partial charge in [-0.3, -0.25) is 14.3 Å². The molecular weight excluding hydrogens is 454 g/mol. The lowest BCUT2D eigenvalue weighted by Crippen LogP contribution is -2.42. The summed E-state index contributed by atoms with van der Waals surface area (Å²) in [6, 6.07) is 7.56. The zero-order valence-electron chi connectivity index (χ0n) is 19.6. The fraction of sp³-hybridized carbons (Fsp3) is 0.435. The van der Waals surface area contributed by atoms with E-state index in [2.05, 4.69) is 30.2 Å². The lowest BCUT2D eigenvalue weighted by atomic mass is 10.0. The highest BCUT2D eigenvalue weighted by molar-refractivity contribution is 7.91. The Balaban J connectivity index is 1.38. The maximum Gasteiger partial charge on any atom is 0.344 e. The number of nitrogens with two attached hydrogens (primary N) is 1. The van der Waals surface area contributed by atoms with Crippen molar-refractivity contribution in [2.24, 2.45) is 17.2 Å². The molecule has 0 saturated carbocycles. The van der Waals surface area contributed by atoms with Crippen molar-refractivity contribution in [2.45, 2.75) is 45.7 Å². The summed E-state index contributed by atoms with van der Waals surface area (Å²) >= 11 is 0. The smallest absolute Gasteiger partial charge is 0.344 e. The first-order valence-electron chi connectivity index (χ1n) is 11.4. The third-order valence-electron chi connectivity index (χ3n) is 6.47. The number of pyridine rings is 1. The number of fused-ring (bicyclic) bond motifs is 2. The molecule has 2 aliphatic heterocycles. The molecule has 0 aliphatic carbocycles. The van der Waals surface area contributed by atoms with Crippen molar-refractivity contribution in [1.29, 1.82) is 0 Å². The number of nitrogens with one attached hydrogen (secondary N) is 1. The standard InChI is InChI=1S/C23H29N7O3S/c1-14-11-16(20-15(2)26-29(3)23(20)25-14)12-30-10-5-4-7-17(30)13-33-19-9-6-8-18-21(19)22(24)28-34(31,32)27-18/h6,8-9,11,17,27H,4-5,7,10,12-13H2,1-3H3,(H2,24,28)/t17-/m1/s1. The minimum atomic E-state index is -3.83. The Hall–Kier alpha value is -3.18. The molecule has 3 aromatic rings. The van der Waals surface area contributed by atoms with E-state index in [0.29, 0.717) is 23.6 Å². The number of anilines is 1. The monoisotopic (exact) mass is 483 g/mol. The Bertz CT molecular complexity index is 1400. The van der Waals surface area contributed by atoms with Gasteiger partial charge in [0.05, 0.1) is 16.9 Å². The van der Waals surface area contributed by atoms with E-state index in [1.165, 1.54) is 5.56 Å². The van der Waals surface area contributed by atoms with Crippen molar-refractivity contribution in [1.82, 2.24) is 19.7 Å². The second-order valence-corrected chi connectivity index (χ2v) is 10.3. The molecule has 11 heteroatoms. The van der Waals surface area contributed by atoms with Crippen LogP contribution in [0.4, 0.5) is 5.69 Å². The largest absolute Gasteiger partial charge is 0.491 e. The van der Waals surface area contributed by atoms with Crippen LogP contribution in [0.2, 0.25) is 0 Å². The van der Waals surface area contributed by atoms with Crippen molar-refractivity contribution in [3.8, 4) is 5.75 Å². The molecular formula is C23H29N7O3S. The van der Waals surface area contributed by atoms with Crippen molar-refractivity contribution >= 4 is 32.8 Å². The molecule has 1 saturated heterocycles. The lowest BCUT2D eigenvalue weighted by molar-refractivity contribution is 0.0936. The molecule has 2 aliphatic rings. The molecule has 0 spiro atoms. The number of aryl methyl sites for hydroxylation is 3. The van der Waals surface area contributed by atoms with E-state index >= 15 is 0 Å². The third-order valence-corrected chi connectivity index (χ3v) is 7.39. The van der Waals surface area contributed by atoms with Crippen molar-refractivity contribution in [3.05, 3.63) is 46.8 Å². The summed E-state index contributed by atoms with van der Waals surface area (Å²) in [6.07, 6.45) is 3.29. The zero-order chi connectivity index (χ0) is 24.0. The summed E-state index contributed by atoms with van der Waals surface area (Å²) < 4.78 is 37.8. The molecule has 5 rings (SSSR count). The van der Waals surface area contributed by atoms with Crippen LogP contribution >= 0.6 is 0 Å². The van der Waals surface area contributed by atoms with Crippen LogP contribution in [0.3, 0.4) is 0 Å². The molecule has 0 amide bonds. The SMILES string of the molecule is Cc1cc(CN2CCCC[C@@H]2COc2cccc3c2C(N)=NS(=O)(=O)N3)c2c(C)nn(C)c2n1. The Morgan fingerprint density at radius 1 is 1.26 bits per heavy atom. The van der Waals surface area contributed by atoms with Crippen LogP contribution in [0.25, 0.3) is 11.0 Å². The highest BCUT2D eigenvalue weighted by atomic mass is 32.2. The first-order valence-corrected chi connectivity index (χ1v) is 12.8. The van der Waals surface area contributed by atoms with Gasteiger partial charge < -0.3 is 10.5 Å². The predicted molar refractivity (Wildman–Crippen MR) is 131 cm³/mol. The van der Waals surface area contributed by atoms with Crippen LogP contribution in [0, 0.1) is 13.8 Å². The van der Waals surface area contributed by atoms with Crippen LogP contribution in [0.5, 0.6) is 5.75 Å². The number of ether oxygens (including phenoxy) is 1. The minimum absolute atomic E-state index is 0.0634. The van der Waals surface area contributed by atoms with Crippen LogP contribution in [0.1, 0.15) is 41.8 Å². The zero-order valence-corrected chi connectivity index (χ0v) is 20.4. The Morgan fingerprint density at radius 3 is 2.91 bits per heavy atom. The molecule has 4 heterocycles. The van der Waals surface area contributed by atoms with E-state index in [1.54, 1.807) is 18.2 Å². The Kier molecular flexibility index (Phi) is 5.68. The number of benzene rings is 1. The van der Waals surface area contributed by atoms with E-state index in [-0.39, 0.29) is 11.9 Å². The quantitative estimate of drug-likeness (QED) is 0.570. The van der Waals surface area contributed by atoms with Gasteiger partial charge in [0.25, 0.3) is 0 Å². The summed E-state index contributed by atoms with van der Waals surface area (Å²) in [5.41, 5.74) is 10.9. The first kappa shape index (κ1) is 22.6. The second-order valence-electron chi connectivity index (χ2n) is 8.99. The number of aromatic nitrogens is 3. The normalized spacial score (nSPS) is 20.0. The molecule has 1 fully saturated rings. The van der Waals surface area contributed by atoms with E-state index in [9.17, 15) is 8.42 Å². The molecule has 180 valence electrons. The average molecular weight is 484 g/mol. The first-order chi connectivity index (χ1) is 16.2. The second kappa shape index (κ2) is 8.55. The van der Waals surface area contributed by atoms with E-state index in [0.717, 1.165) is 54.8 Å². The third kappa shape index (κ3) is 4.21. The van der Waals surface area contributed by atoms with E-state index in [4.69, 9.17) is 10.5 Å². The molecule has 1 atom stereocenters. The van der Waals surface area contributed by atoms with Gasteiger partial charge in [-0.1, -0.05) is 12.5 Å². The minimum Gasteiger partial charge on any atom is -0.491 e. The van der Waals surface area contributed by atoms with Gasteiger partial charge in [0.1, 0.15) is 12.4 Å². The summed E-state index contributed by atoms with van der Waals surface area (Å²) in [7, 11) is -1.90. The summed E-state index contributed by atoms with van der Waals surface area (Å²) in [5, 5.41) is 5.69. The maximum absolute atomic E-state index is 11.9. The average Bonchev–Trinajstić information content (AvgIpc) is 3.05. The van der Waals surface area contributed by atoms with Gasteiger partial charge in [0, 0.05) is 30.7 Å². The van der Waals surface area contributed by atoms with Crippen LogP contribution in [0.15, 0.2) is 28.7 Å². The number of amidine groups is 1. The van der Waals surface area contributed by atoms with E-state index in [1.807, 2.05) is 25.6 Å². The highest BCUT2D eigenvalue weighted by Crippen LogP contribution is 2.32. The van der Waals surface area contributed by atoms with Gasteiger partial charge >= 0.3 is 10.2 Å². The van der Waals surface area contributed by atoms with Crippen LogP contribution in [-0.2, 0) is 23.8 Å². The van der Waals surface area contributed by atoms with Crippen molar-refractivity contribution < 1.29 is 13.2 Å². The Labute approximate surface area is 199 Å². The topological polar surface area (TPSA) is 128 Å². The molecule has 2 aromatic heterocycles. The van der Waals surface area contributed by atoms with Gasteiger partial charge in [0.2, 0.25) is 0 Å². The summed E-state index contributed by atoms with van der Waals surface area (Å²) in [6.45, 7) is 6.28. The van der Waals surface area contributed by atoms with E-state index < -0.39 is 10.2 Å². The van der Waals surface area contributed by atoms with Gasteiger partial charge in [-0.2, -0.15) is 13.5 Å². The highest BCUT2D eigenvalue weighted by Gasteiger charge is 2.27. The molecule has 0 unspecified atom stereocenters. The predicted octanol–water partition coefficient (Wildman–Crippen LogP) is 2.39. The van der Waals surface area contributed by atoms with Crippen LogP contribution < -0.4 is 15.2 Å². The molecule has 0 bridgehead atoms. The van der Waals surface area contributed by atoms with Gasteiger partial charge in [-0.25, -0.2) is 4.98 Å². The van der Waals surface area contributed by atoms with Gasteiger partial charge in [0.15, 0.2) is 11.5 Å². The molecule has 1 aromatic carbocycles. The number of piperidine rings is 1. The number of nitrogens with zero attached hydrogens (tertiary/aromatic N) is 5. The molecule has 10 nitrogen and oxygen atoms in total. The fourth-order valence-corrected chi connectivity index (χ4v) is 5.84. The number of hydrogen-bond acceptors (Lipinski definition) is 7. The fourth-order valence-electron chi connectivity index (χ4n) is 5.00. The maximum atomic E-state index is 11.9. The number of hydrogen-bond donors (Lipinski definition) is 2. The Morgan fingerprint density at radius 2 is 2.09 bits per heavy atom. The molecule has 0 radical (unpaired) electrons. The molecule has 3 N–H and O–H groups in total. The summed E-state index contributed by atoms with van der Waals surface area (Å²) in [5.74, 6) is 0.462. The van der Waals surface area contributed by atoms with Gasteiger partial charge in [-0.15, -0.1) is 4.40 Å². The van der Waals surface area contributed by atoms with Crippen molar-refractivity contribution in [2.75, 3.05) is 17.9 Å².